The summed E-state index contributed by atoms with van der Waals surface area (Å²) in [6, 6.07) is 20.0. The van der Waals surface area contributed by atoms with Crippen molar-refractivity contribution < 1.29 is 0 Å². The quantitative estimate of drug-likeness (QED) is 0.572. The number of rotatable bonds is 7. The van der Waals surface area contributed by atoms with Crippen LogP contribution in [0.4, 0.5) is 17.3 Å². The highest BCUT2D eigenvalue weighted by Gasteiger charge is 2.03. The van der Waals surface area contributed by atoms with Crippen LogP contribution in [0.5, 0.6) is 0 Å². The smallest absolute Gasteiger partial charge is 0.136 e. The molecule has 3 rings (SSSR count). The zero-order chi connectivity index (χ0) is 17.5. The number of anilines is 3. The summed E-state index contributed by atoms with van der Waals surface area (Å²) in [6.45, 7) is 2.75. The molecule has 25 heavy (non-hydrogen) atoms. The first-order valence-corrected chi connectivity index (χ1v) is 8.73. The van der Waals surface area contributed by atoms with Gasteiger partial charge in [-0.3, -0.25) is 0 Å². The van der Waals surface area contributed by atoms with Gasteiger partial charge in [-0.25, -0.2) is 9.97 Å². The Kier molecular flexibility index (Phi) is 5.86. The van der Waals surface area contributed by atoms with Crippen molar-refractivity contribution in [1.82, 2.24) is 9.97 Å². The van der Waals surface area contributed by atoms with Gasteiger partial charge < -0.3 is 10.6 Å². The fraction of sp³-hybridized carbons (Fsp3) is 0.200. The van der Waals surface area contributed by atoms with E-state index < -0.39 is 0 Å². The van der Waals surface area contributed by atoms with Crippen molar-refractivity contribution in [2.75, 3.05) is 17.2 Å². The lowest BCUT2D eigenvalue weighted by molar-refractivity contribution is 0.856. The molecular weight excluding hydrogens is 332 g/mol. The number of hydrogen-bond acceptors (Lipinski definition) is 4. The lowest BCUT2D eigenvalue weighted by atomic mass is 10.1. The Labute approximate surface area is 153 Å². The van der Waals surface area contributed by atoms with E-state index in [2.05, 4.69) is 44.9 Å². The summed E-state index contributed by atoms with van der Waals surface area (Å²) in [5.41, 5.74) is 2.26. The summed E-state index contributed by atoms with van der Waals surface area (Å²) >= 11 is 6.02. The van der Waals surface area contributed by atoms with Crippen LogP contribution >= 0.6 is 11.6 Å². The Morgan fingerprint density at radius 3 is 2.52 bits per heavy atom. The van der Waals surface area contributed by atoms with Crippen molar-refractivity contribution in [2.24, 2.45) is 0 Å². The summed E-state index contributed by atoms with van der Waals surface area (Å²) in [5, 5.41) is 7.33. The van der Waals surface area contributed by atoms with Crippen LogP contribution in [-0.4, -0.2) is 16.5 Å². The monoisotopic (exact) mass is 352 g/mol. The van der Waals surface area contributed by atoms with E-state index in [1.165, 1.54) is 5.56 Å². The van der Waals surface area contributed by atoms with Crippen LogP contribution in [0.25, 0.3) is 0 Å². The van der Waals surface area contributed by atoms with E-state index in [0.717, 1.165) is 42.5 Å². The fourth-order valence-electron chi connectivity index (χ4n) is 2.59. The van der Waals surface area contributed by atoms with Gasteiger partial charge in [-0.1, -0.05) is 48.0 Å². The van der Waals surface area contributed by atoms with Gasteiger partial charge in [0.2, 0.25) is 0 Å². The third kappa shape index (κ3) is 5.47. The van der Waals surface area contributed by atoms with Crippen LogP contribution in [0, 0.1) is 6.92 Å². The second kappa shape index (κ2) is 8.49. The molecule has 1 heterocycles. The van der Waals surface area contributed by atoms with Crippen LogP contribution in [0.1, 0.15) is 17.8 Å². The zero-order valence-electron chi connectivity index (χ0n) is 14.2. The molecule has 0 saturated carbocycles. The molecule has 0 unspecified atom stereocenters. The van der Waals surface area contributed by atoms with Gasteiger partial charge in [0.05, 0.1) is 0 Å². The summed E-state index contributed by atoms with van der Waals surface area (Å²) < 4.78 is 0. The number of halogens is 1. The first-order chi connectivity index (χ1) is 12.2. The number of nitrogens with zero attached hydrogens (tertiary/aromatic N) is 2. The molecule has 0 aliphatic carbocycles. The molecule has 0 aliphatic heterocycles. The van der Waals surface area contributed by atoms with Crippen LogP contribution in [-0.2, 0) is 6.42 Å². The number of hydrogen-bond donors (Lipinski definition) is 2. The van der Waals surface area contributed by atoms with Gasteiger partial charge in [-0.2, -0.15) is 0 Å². The van der Waals surface area contributed by atoms with Crippen LogP contribution in [0.2, 0.25) is 5.02 Å². The van der Waals surface area contributed by atoms with Crippen molar-refractivity contribution in [3.05, 3.63) is 77.1 Å². The summed E-state index contributed by atoms with van der Waals surface area (Å²) in [5.74, 6) is 2.29. The van der Waals surface area contributed by atoms with Crippen molar-refractivity contribution in [3.63, 3.8) is 0 Å². The van der Waals surface area contributed by atoms with Crippen LogP contribution in [0.3, 0.4) is 0 Å². The molecule has 0 spiro atoms. The molecule has 0 fully saturated rings. The number of benzene rings is 2. The molecule has 0 atom stereocenters. The van der Waals surface area contributed by atoms with Gasteiger partial charge in [0.1, 0.15) is 17.5 Å². The van der Waals surface area contributed by atoms with Crippen molar-refractivity contribution >= 4 is 28.9 Å². The lowest BCUT2D eigenvalue weighted by Crippen LogP contribution is -2.07. The van der Waals surface area contributed by atoms with Crippen molar-refractivity contribution in [2.45, 2.75) is 19.8 Å². The third-order valence-corrected chi connectivity index (χ3v) is 3.96. The fourth-order valence-corrected chi connectivity index (χ4v) is 2.78. The highest BCUT2D eigenvalue weighted by atomic mass is 35.5. The number of nitrogens with one attached hydrogen (secondary N) is 2. The topological polar surface area (TPSA) is 49.8 Å². The Balaban J connectivity index is 1.57. The molecular formula is C20H21ClN4. The van der Waals surface area contributed by atoms with E-state index in [-0.39, 0.29) is 0 Å². The van der Waals surface area contributed by atoms with Crippen molar-refractivity contribution in [1.29, 1.82) is 0 Å². The maximum absolute atomic E-state index is 6.02. The predicted molar refractivity (Wildman–Crippen MR) is 105 cm³/mol. The highest BCUT2D eigenvalue weighted by molar-refractivity contribution is 6.30. The average molecular weight is 353 g/mol. The highest BCUT2D eigenvalue weighted by Crippen LogP contribution is 2.20. The Bertz CT molecular complexity index is 821. The molecule has 5 heteroatoms. The first kappa shape index (κ1) is 17.2. The van der Waals surface area contributed by atoms with E-state index in [4.69, 9.17) is 11.6 Å². The molecule has 0 amide bonds. The second-order valence-electron chi connectivity index (χ2n) is 5.84. The molecule has 0 radical (unpaired) electrons. The Hall–Kier alpha value is -2.59. The van der Waals surface area contributed by atoms with Gasteiger partial charge in [-0.15, -0.1) is 0 Å². The van der Waals surface area contributed by atoms with Gasteiger partial charge in [0, 0.05) is 23.3 Å². The van der Waals surface area contributed by atoms with Gasteiger partial charge >= 0.3 is 0 Å². The van der Waals surface area contributed by atoms with Crippen LogP contribution < -0.4 is 10.6 Å². The molecule has 0 bridgehead atoms. The molecule has 2 N–H and O–H groups in total. The lowest BCUT2D eigenvalue weighted by Gasteiger charge is -2.10. The van der Waals surface area contributed by atoms with Gasteiger partial charge in [0.15, 0.2) is 0 Å². The predicted octanol–water partition coefficient (Wildman–Crippen LogP) is 5.23. The minimum absolute atomic E-state index is 0.690. The molecule has 2 aromatic carbocycles. The summed E-state index contributed by atoms with van der Waals surface area (Å²) in [4.78, 5) is 8.88. The summed E-state index contributed by atoms with van der Waals surface area (Å²) in [6.07, 6.45) is 2.09. The number of aromatic nitrogens is 2. The van der Waals surface area contributed by atoms with Crippen LogP contribution in [0.15, 0.2) is 60.7 Å². The minimum Gasteiger partial charge on any atom is -0.370 e. The van der Waals surface area contributed by atoms with E-state index in [9.17, 15) is 0 Å². The molecule has 128 valence electrons. The Morgan fingerprint density at radius 2 is 1.72 bits per heavy atom. The standard InChI is InChI=1S/C20H21ClN4/c1-15-23-19(22-12-6-9-16-7-3-2-4-8-16)14-20(24-15)25-18-11-5-10-17(21)13-18/h2-5,7-8,10-11,13-14H,6,9,12H2,1H3,(H2,22,23,24,25). The average Bonchev–Trinajstić information content (AvgIpc) is 2.59. The second-order valence-corrected chi connectivity index (χ2v) is 6.27. The van der Waals surface area contributed by atoms with Crippen molar-refractivity contribution in [3.8, 4) is 0 Å². The molecule has 1 aromatic heterocycles. The SMILES string of the molecule is Cc1nc(NCCCc2ccccc2)cc(Nc2cccc(Cl)c2)n1. The molecule has 3 aromatic rings. The largest absolute Gasteiger partial charge is 0.370 e. The van der Waals surface area contributed by atoms with E-state index in [1.54, 1.807) is 0 Å². The molecule has 4 nitrogen and oxygen atoms in total. The first-order valence-electron chi connectivity index (χ1n) is 8.35. The summed E-state index contributed by atoms with van der Waals surface area (Å²) in [7, 11) is 0. The van der Waals surface area contributed by atoms with Gasteiger partial charge in [0.25, 0.3) is 0 Å². The maximum Gasteiger partial charge on any atom is 0.136 e. The van der Waals surface area contributed by atoms with E-state index in [1.807, 2.05) is 43.3 Å². The molecule has 0 aliphatic rings. The maximum atomic E-state index is 6.02. The Morgan fingerprint density at radius 1 is 0.920 bits per heavy atom. The van der Waals surface area contributed by atoms with Gasteiger partial charge in [-0.05, 0) is 43.5 Å². The minimum atomic E-state index is 0.690. The normalized spacial score (nSPS) is 10.5. The number of aryl methyl sites for hydroxylation is 2. The molecule has 0 saturated heterocycles. The van der Waals surface area contributed by atoms with E-state index >= 15 is 0 Å². The third-order valence-electron chi connectivity index (χ3n) is 3.73. The van der Waals surface area contributed by atoms with E-state index in [0.29, 0.717) is 5.02 Å². The zero-order valence-corrected chi connectivity index (χ0v) is 14.9.